The van der Waals surface area contributed by atoms with Crippen molar-refractivity contribution in [2.75, 3.05) is 7.05 Å². The number of hydrogen-bond acceptors (Lipinski definition) is 3. The summed E-state index contributed by atoms with van der Waals surface area (Å²) in [6, 6.07) is 0.940. The molecule has 4 unspecified atom stereocenters. The number of nitrogens with zero attached hydrogens (tertiary/aromatic N) is 1. The van der Waals surface area contributed by atoms with Crippen LogP contribution in [0, 0.1) is 5.92 Å². The highest BCUT2D eigenvalue weighted by Gasteiger charge is 2.42. The summed E-state index contributed by atoms with van der Waals surface area (Å²) in [6.45, 7) is 2.33. The summed E-state index contributed by atoms with van der Waals surface area (Å²) in [5.41, 5.74) is 5.06. The lowest BCUT2D eigenvalue weighted by molar-refractivity contribution is -0.145. The SMILES string of the molecule is CC1CCCCC1N(C)C1CCCC(N)(C(=O)O)C1. The molecule has 2 rings (SSSR count). The van der Waals surface area contributed by atoms with Crippen molar-refractivity contribution in [3.05, 3.63) is 0 Å². The molecule has 0 spiro atoms. The largest absolute Gasteiger partial charge is 0.480 e. The van der Waals surface area contributed by atoms with Crippen molar-refractivity contribution < 1.29 is 9.90 Å². The number of hydrogen-bond donors (Lipinski definition) is 2. The number of carbonyl (C=O) groups is 1. The first kappa shape index (κ1) is 14.8. The zero-order chi connectivity index (χ0) is 14.0. The van der Waals surface area contributed by atoms with E-state index in [9.17, 15) is 9.90 Å². The van der Waals surface area contributed by atoms with Crippen LogP contribution in [0.15, 0.2) is 0 Å². The summed E-state index contributed by atoms with van der Waals surface area (Å²) in [5.74, 6) is -0.111. The second-order valence-electron chi connectivity index (χ2n) is 6.71. The molecule has 0 bridgehead atoms. The van der Waals surface area contributed by atoms with E-state index in [-0.39, 0.29) is 0 Å². The zero-order valence-corrected chi connectivity index (χ0v) is 12.3. The molecule has 2 aliphatic carbocycles. The lowest BCUT2D eigenvalue weighted by Crippen LogP contribution is -2.57. The highest BCUT2D eigenvalue weighted by molar-refractivity contribution is 5.78. The van der Waals surface area contributed by atoms with Crippen LogP contribution in [0.4, 0.5) is 0 Å². The number of carboxylic acids is 1. The summed E-state index contributed by atoms with van der Waals surface area (Å²) < 4.78 is 0. The molecule has 110 valence electrons. The molecular weight excluding hydrogens is 240 g/mol. The van der Waals surface area contributed by atoms with Crippen molar-refractivity contribution in [3.8, 4) is 0 Å². The minimum absolute atomic E-state index is 0.334. The molecule has 3 N–H and O–H groups in total. The fraction of sp³-hybridized carbons (Fsp3) is 0.933. The van der Waals surface area contributed by atoms with Crippen molar-refractivity contribution in [2.45, 2.75) is 75.9 Å². The van der Waals surface area contributed by atoms with Gasteiger partial charge in [0.1, 0.15) is 5.54 Å². The minimum Gasteiger partial charge on any atom is -0.480 e. The molecule has 0 radical (unpaired) electrons. The molecule has 0 aromatic rings. The average Bonchev–Trinajstić information content (AvgIpc) is 2.38. The fourth-order valence-corrected chi connectivity index (χ4v) is 3.99. The topological polar surface area (TPSA) is 66.6 Å². The Bertz CT molecular complexity index is 334. The summed E-state index contributed by atoms with van der Waals surface area (Å²) >= 11 is 0. The highest BCUT2D eigenvalue weighted by atomic mass is 16.4. The van der Waals surface area contributed by atoms with E-state index in [4.69, 9.17) is 5.73 Å². The summed E-state index contributed by atoms with van der Waals surface area (Å²) in [5, 5.41) is 9.32. The minimum atomic E-state index is -1.00. The van der Waals surface area contributed by atoms with Crippen molar-refractivity contribution in [1.29, 1.82) is 0 Å². The molecular formula is C15H28N2O2. The van der Waals surface area contributed by atoms with E-state index in [2.05, 4.69) is 18.9 Å². The van der Waals surface area contributed by atoms with Crippen molar-refractivity contribution in [1.82, 2.24) is 4.90 Å². The Morgan fingerprint density at radius 1 is 1.26 bits per heavy atom. The number of aliphatic carboxylic acids is 1. The van der Waals surface area contributed by atoms with E-state index >= 15 is 0 Å². The Labute approximate surface area is 116 Å². The van der Waals surface area contributed by atoms with Crippen molar-refractivity contribution in [3.63, 3.8) is 0 Å². The van der Waals surface area contributed by atoms with Gasteiger partial charge in [-0.15, -0.1) is 0 Å². The second-order valence-corrected chi connectivity index (χ2v) is 6.71. The Morgan fingerprint density at radius 3 is 2.58 bits per heavy atom. The van der Waals surface area contributed by atoms with Gasteiger partial charge in [0.25, 0.3) is 0 Å². The Kier molecular flexibility index (Phi) is 4.51. The van der Waals surface area contributed by atoms with Gasteiger partial charge in [0.05, 0.1) is 0 Å². The van der Waals surface area contributed by atoms with Crippen LogP contribution in [0.5, 0.6) is 0 Å². The van der Waals surface area contributed by atoms with E-state index in [1.807, 2.05) is 0 Å². The lowest BCUT2D eigenvalue weighted by atomic mass is 9.77. The lowest BCUT2D eigenvalue weighted by Gasteiger charge is -2.45. The van der Waals surface area contributed by atoms with Gasteiger partial charge in [-0.25, -0.2) is 0 Å². The Hall–Kier alpha value is -0.610. The maximum Gasteiger partial charge on any atom is 0.323 e. The number of nitrogens with two attached hydrogens (primary N) is 1. The van der Waals surface area contributed by atoms with Crippen LogP contribution in [0.2, 0.25) is 0 Å². The van der Waals surface area contributed by atoms with E-state index in [1.165, 1.54) is 25.7 Å². The van der Waals surface area contributed by atoms with Crippen LogP contribution in [0.25, 0.3) is 0 Å². The van der Waals surface area contributed by atoms with Crippen LogP contribution in [-0.2, 0) is 4.79 Å². The van der Waals surface area contributed by atoms with Crippen LogP contribution in [0.3, 0.4) is 0 Å². The summed E-state index contributed by atoms with van der Waals surface area (Å²) in [7, 11) is 2.17. The predicted octanol–water partition coefficient (Wildman–Crippen LogP) is 2.22. The quantitative estimate of drug-likeness (QED) is 0.823. The third-order valence-corrected chi connectivity index (χ3v) is 5.35. The zero-order valence-electron chi connectivity index (χ0n) is 12.3. The first-order chi connectivity index (χ1) is 8.94. The van der Waals surface area contributed by atoms with Gasteiger partial charge in [0.2, 0.25) is 0 Å². The molecule has 2 saturated carbocycles. The smallest absolute Gasteiger partial charge is 0.323 e. The van der Waals surface area contributed by atoms with Gasteiger partial charge >= 0.3 is 5.97 Å². The van der Waals surface area contributed by atoms with Gasteiger partial charge in [0.15, 0.2) is 0 Å². The summed E-state index contributed by atoms with van der Waals surface area (Å²) in [6.07, 6.45) is 8.43. The molecule has 0 heterocycles. The van der Waals surface area contributed by atoms with Gasteiger partial charge < -0.3 is 15.7 Å². The van der Waals surface area contributed by atoms with Gasteiger partial charge in [-0.2, -0.15) is 0 Å². The maximum atomic E-state index is 11.3. The van der Waals surface area contributed by atoms with Gasteiger partial charge in [0, 0.05) is 12.1 Å². The molecule has 0 aliphatic heterocycles. The summed E-state index contributed by atoms with van der Waals surface area (Å²) in [4.78, 5) is 13.8. The van der Waals surface area contributed by atoms with E-state index in [1.54, 1.807) is 0 Å². The molecule has 0 saturated heterocycles. The third-order valence-electron chi connectivity index (χ3n) is 5.35. The molecule has 0 amide bonds. The van der Waals surface area contributed by atoms with E-state index < -0.39 is 11.5 Å². The molecule has 2 aliphatic rings. The molecule has 0 aromatic heterocycles. The molecule has 0 aromatic carbocycles. The second kappa shape index (κ2) is 5.80. The predicted molar refractivity (Wildman–Crippen MR) is 76.0 cm³/mol. The average molecular weight is 268 g/mol. The first-order valence-corrected chi connectivity index (χ1v) is 7.68. The number of rotatable bonds is 3. The molecule has 4 atom stereocenters. The van der Waals surface area contributed by atoms with Gasteiger partial charge in [-0.1, -0.05) is 19.8 Å². The van der Waals surface area contributed by atoms with Gasteiger partial charge in [-0.3, -0.25) is 4.79 Å². The van der Waals surface area contributed by atoms with Gasteiger partial charge in [-0.05, 0) is 51.5 Å². The molecule has 4 nitrogen and oxygen atoms in total. The number of carboxylic acid groups (broad SMARTS) is 1. The maximum absolute atomic E-state index is 11.3. The van der Waals surface area contributed by atoms with Crippen LogP contribution >= 0.6 is 0 Å². The standard InChI is InChI=1S/C15H28N2O2/c1-11-6-3-4-8-13(11)17(2)12-7-5-9-15(16,10-12)14(18)19/h11-13H,3-10,16H2,1-2H3,(H,18,19). The monoisotopic (exact) mass is 268 g/mol. The van der Waals surface area contributed by atoms with E-state index in [0.717, 1.165) is 18.8 Å². The van der Waals surface area contributed by atoms with Crippen LogP contribution in [-0.4, -0.2) is 40.6 Å². The third kappa shape index (κ3) is 3.11. The molecule has 2 fully saturated rings. The van der Waals surface area contributed by atoms with E-state index in [0.29, 0.717) is 24.9 Å². The van der Waals surface area contributed by atoms with Crippen LogP contribution < -0.4 is 5.73 Å². The Balaban J connectivity index is 2.02. The van der Waals surface area contributed by atoms with Crippen LogP contribution in [0.1, 0.15) is 58.3 Å². The fourth-order valence-electron chi connectivity index (χ4n) is 3.99. The molecule has 4 heteroatoms. The van der Waals surface area contributed by atoms with Crippen molar-refractivity contribution in [2.24, 2.45) is 11.7 Å². The van der Waals surface area contributed by atoms with Crippen molar-refractivity contribution >= 4 is 5.97 Å². The highest BCUT2D eigenvalue weighted by Crippen LogP contribution is 2.34. The Morgan fingerprint density at radius 2 is 1.95 bits per heavy atom. The normalized spacial score (nSPS) is 40.3. The first-order valence-electron chi connectivity index (χ1n) is 7.68. The molecule has 19 heavy (non-hydrogen) atoms.